The molecule has 0 saturated carbocycles. The zero-order valence-corrected chi connectivity index (χ0v) is 14.7. The van der Waals surface area contributed by atoms with Crippen LogP contribution in [0.4, 0.5) is 5.69 Å². The first kappa shape index (κ1) is 19.2. The first-order valence-corrected chi connectivity index (χ1v) is 8.22. The fourth-order valence-electron chi connectivity index (χ4n) is 2.21. The van der Waals surface area contributed by atoms with Gasteiger partial charge < -0.3 is 14.8 Å². The first-order valence-electron chi connectivity index (χ1n) is 8.22. The molecule has 2 aromatic carbocycles. The number of carbonyl (C=O) groups is 3. The number of carbonyl (C=O) groups excluding carboxylic acids is 3. The van der Waals surface area contributed by atoms with Crippen molar-refractivity contribution in [2.45, 2.75) is 25.9 Å². The second-order valence-electron chi connectivity index (χ2n) is 5.64. The molecule has 0 spiro atoms. The third-order valence-corrected chi connectivity index (χ3v) is 3.69. The van der Waals surface area contributed by atoms with Crippen LogP contribution in [-0.2, 0) is 14.3 Å². The topological polar surface area (TPSA) is 81.7 Å². The quantitative estimate of drug-likeness (QED) is 0.581. The van der Waals surface area contributed by atoms with Gasteiger partial charge in [0.2, 0.25) is 0 Å². The van der Waals surface area contributed by atoms with E-state index in [1.165, 1.54) is 6.92 Å². The van der Waals surface area contributed by atoms with Gasteiger partial charge in [0.05, 0.1) is 13.5 Å². The molecule has 1 atom stereocenters. The van der Waals surface area contributed by atoms with Crippen molar-refractivity contribution in [2.24, 2.45) is 0 Å². The van der Waals surface area contributed by atoms with E-state index < -0.39 is 18.0 Å². The van der Waals surface area contributed by atoms with Crippen molar-refractivity contribution in [3.63, 3.8) is 0 Å². The summed E-state index contributed by atoms with van der Waals surface area (Å²) in [7, 11) is 1.55. The van der Waals surface area contributed by atoms with E-state index >= 15 is 0 Å². The van der Waals surface area contributed by atoms with Crippen LogP contribution in [-0.4, -0.2) is 30.9 Å². The van der Waals surface area contributed by atoms with Crippen LogP contribution < -0.4 is 10.1 Å². The van der Waals surface area contributed by atoms with Crippen molar-refractivity contribution in [2.75, 3.05) is 12.4 Å². The van der Waals surface area contributed by atoms with Crippen LogP contribution in [0, 0.1) is 0 Å². The number of ether oxygens (including phenoxy) is 2. The van der Waals surface area contributed by atoms with Gasteiger partial charge in [0, 0.05) is 17.7 Å². The molecule has 0 aromatic heterocycles. The first-order chi connectivity index (χ1) is 12.5. The lowest BCUT2D eigenvalue weighted by molar-refractivity contribution is -0.153. The summed E-state index contributed by atoms with van der Waals surface area (Å²) < 4.78 is 10.1. The number of hydrogen-bond acceptors (Lipinski definition) is 5. The zero-order chi connectivity index (χ0) is 18.9. The van der Waals surface area contributed by atoms with Crippen LogP contribution in [0.25, 0.3) is 0 Å². The normalized spacial score (nSPS) is 11.3. The number of hydrogen-bond donors (Lipinski definition) is 1. The lowest BCUT2D eigenvalue weighted by atomic mass is 10.1. The number of benzene rings is 2. The Balaban J connectivity index is 1.78. The maximum atomic E-state index is 12.1. The maximum Gasteiger partial charge on any atom is 0.307 e. The Hall–Kier alpha value is -3.15. The number of rotatable bonds is 8. The second kappa shape index (κ2) is 9.36. The van der Waals surface area contributed by atoms with Crippen molar-refractivity contribution < 1.29 is 23.9 Å². The summed E-state index contributed by atoms with van der Waals surface area (Å²) in [5, 5.41) is 2.65. The Bertz CT molecular complexity index is 756. The summed E-state index contributed by atoms with van der Waals surface area (Å²) in [5.41, 5.74) is 1.11. The van der Waals surface area contributed by atoms with Gasteiger partial charge in [-0.2, -0.15) is 0 Å². The van der Waals surface area contributed by atoms with Crippen LogP contribution in [0.1, 0.15) is 30.1 Å². The van der Waals surface area contributed by atoms with Crippen molar-refractivity contribution in [3.8, 4) is 5.75 Å². The summed E-state index contributed by atoms with van der Waals surface area (Å²) >= 11 is 0. The molecule has 6 nitrogen and oxygen atoms in total. The number of amides is 1. The number of esters is 1. The molecule has 2 rings (SSSR count). The summed E-state index contributed by atoms with van der Waals surface area (Å²) in [6.45, 7) is 1.48. The van der Waals surface area contributed by atoms with Crippen LogP contribution >= 0.6 is 0 Å². The fraction of sp³-hybridized carbons (Fsp3) is 0.250. The third kappa shape index (κ3) is 5.73. The van der Waals surface area contributed by atoms with E-state index in [4.69, 9.17) is 9.47 Å². The predicted molar refractivity (Wildman–Crippen MR) is 97.2 cm³/mol. The van der Waals surface area contributed by atoms with E-state index in [1.807, 2.05) is 6.07 Å². The van der Waals surface area contributed by atoms with Crippen molar-refractivity contribution >= 4 is 23.3 Å². The Labute approximate surface area is 152 Å². The average Bonchev–Trinajstić information content (AvgIpc) is 2.67. The highest BCUT2D eigenvalue weighted by Gasteiger charge is 2.19. The van der Waals surface area contributed by atoms with Crippen molar-refractivity contribution in [1.29, 1.82) is 0 Å². The van der Waals surface area contributed by atoms with Crippen LogP contribution in [0.5, 0.6) is 5.75 Å². The SMILES string of the molecule is COc1ccc(NC(=O)[C@@H](C)OC(=O)CCC(=O)c2ccccc2)cc1. The standard InChI is InChI=1S/C20H21NO5/c1-14(20(24)21-16-8-10-17(25-2)11-9-16)26-19(23)13-12-18(22)15-6-4-3-5-7-15/h3-11,14H,12-13H2,1-2H3,(H,21,24)/t14-/m1/s1. The lowest BCUT2D eigenvalue weighted by Crippen LogP contribution is -2.30. The molecule has 0 aliphatic heterocycles. The largest absolute Gasteiger partial charge is 0.497 e. The van der Waals surface area contributed by atoms with E-state index in [0.29, 0.717) is 17.0 Å². The van der Waals surface area contributed by atoms with Gasteiger partial charge >= 0.3 is 5.97 Å². The molecule has 0 aliphatic carbocycles. The van der Waals surface area contributed by atoms with Crippen LogP contribution in [0.2, 0.25) is 0 Å². The summed E-state index contributed by atoms with van der Waals surface area (Å²) in [4.78, 5) is 35.9. The Kier molecular flexibility index (Phi) is 6.91. The van der Waals surface area contributed by atoms with Gasteiger partial charge in [0.1, 0.15) is 5.75 Å². The van der Waals surface area contributed by atoms with E-state index in [0.717, 1.165) is 0 Å². The van der Waals surface area contributed by atoms with Crippen molar-refractivity contribution in [3.05, 3.63) is 60.2 Å². The molecule has 0 saturated heterocycles. The van der Waals surface area contributed by atoms with E-state index in [9.17, 15) is 14.4 Å². The Morgan fingerprint density at radius 1 is 0.962 bits per heavy atom. The predicted octanol–water partition coefficient (Wildman–Crippen LogP) is 3.23. The fourth-order valence-corrected chi connectivity index (χ4v) is 2.21. The third-order valence-electron chi connectivity index (χ3n) is 3.69. The molecule has 0 bridgehead atoms. The number of ketones is 1. The van der Waals surface area contributed by atoms with Gasteiger partial charge in [-0.3, -0.25) is 14.4 Å². The molecule has 26 heavy (non-hydrogen) atoms. The van der Waals surface area contributed by atoms with Crippen molar-refractivity contribution in [1.82, 2.24) is 0 Å². The van der Waals surface area contributed by atoms with E-state index in [1.54, 1.807) is 55.6 Å². The second-order valence-corrected chi connectivity index (χ2v) is 5.64. The van der Waals surface area contributed by atoms with Crippen LogP contribution in [0.15, 0.2) is 54.6 Å². The highest BCUT2D eigenvalue weighted by atomic mass is 16.5. The molecule has 0 heterocycles. The Morgan fingerprint density at radius 3 is 2.23 bits per heavy atom. The smallest absolute Gasteiger partial charge is 0.307 e. The minimum Gasteiger partial charge on any atom is -0.497 e. The van der Waals surface area contributed by atoms with E-state index in [-0.39, 0.29) is 18.6 Å². The molecule has 136 valence electrons. The number of methoxy groups -OCH3 is 1. The molecule has 0 radical (unpaired) electrons. The molecule has 6 heteroatoms. The Morgan fingerprint density at radius 2 is 1.62 bits per heavy atom. The lowest BCUT2D eigenvalue weighted by Gasteiger charge is -2.13. The van der Waals surface area contributed by atoms with Gasteiger partial charge in [-0.1, -0.05) is 30.3 Å². The summed E-state index contributed by atoms with van der Waals surface area (Å²) in [6, 6.07) is 15.5. The van der Waals surface area contributed by atoms with Crippen LogP contribution in [0.3, 0.4) is 0 Å². The average molecular weight is 355 g/mol. The summed E-state index contributed by atoms with van der Waals surface area (Å²) in [6.07, 6.45) is -1.000. The minimum atomic E-state index is -0.962. The molecule has 2 aromatic rings. The minimum absolute atomic E-state index is 0.0374. The molecule has 0 unspecified atom stereocenters. The molecule has 0 aliphatic rings. The van der Waals surface area contributed by atoms with Gasteiger partial charge in [0.15, 0.2) is 11.9 Å². The van der Waals surface area contributed by atoms with Gasteiger partial charge in [-0.15, -0.1) is 0 Å². The van der Waals surface area contributed by atoms with Gasteiger partial charge in [0.25, 0.3) is 5.91 Å². The number of Topliss-reactive ketones (excluding diaryl/α,β-unsaturated/α-hetero) is 1. The maximum absolute atomic E-state index is 12.1. The van der Waals surface area contributed by atoms with Gasteiger partial charge in [-0.05, 0) is 31.2 Å². The summed E-state index contributed by atoms with van der Waals surface area (Å²) in [5.74, 6) is -0.506. The number of anilines is 1. The molecular formula is C20H21NO5. The highest BCUT2D eigenvalue weighted by Crippen LogP contribution is 2.15. The molecular weight excluding hydrogens is 334 g/mol. The highest BCUT2D eigenvalue weighted by molar-refractivity contribution is 5.98. The molecule has 1 amide bonds. The van der Waals surface area contributed by atoms with E-state index in [2.05, 4.69) is 5.32 Å². The molecule has 1 N–H and O–H groups in total. The number of nitrogens with one attached hydrogen (secondary N) is 1. The van der Waals surface area contributed by atoms with Gasteiger partial charge in [-0.25, -0.2) is 0 Å². The monoisotopic (exact) mass is 355 g/mol. The zero-order valence-electron chi connectivity index (χ0n) is 14.7. The molecule has 0 fully saturated rings.